The van der Waals surface area contributed by atoms with Crippen LogP contribution in [0.3, 0.4) is 0 Å². The van der Waals surface area contributed by atoms with Crippen molar-refractivity contribution in [1.29, 1.82) is 0 Å². The predicted octanol–water partition coefficient (Wildman–Crippen LogP) is -1.47. The molecule has 0 heterocycles. The lowest BCUT2D eigenvalue weighted by Gasteiger charge is -2.25. The fourth-order valence-corrected chi connectivity index (χ4v) is 0.742. The van der Waals surface area contributed by atoms with E-state index in [1.165, 1.54) is 6.92 Å². The Morgan fingerprint density at radius 1 is 1.44 bits per heavy atom. The summed E-state index contributed by atoms with van der Waals surface area (Å²) in [5.41, 5.74) is 0. The molecule has 2 atom stereocenters. The average molecular weight is 259 g/mol. The molecule has 0 aliphatic heterocycles. The third-order valence-corrected chi connectivity index (χ3v) is 1.79. The molecule has 0 spiro atoms. The molecule has 0 aromatic rings. The van der Waals surface area contributed by atoms with Crippen LogP contribution >= 0.6 is 7.82 Å². The minimum Gasteiger partial charge on any atom is -0.756 e. The number of quaternary nitrogens is 1. The van der Waals surface area contributed by atoms with Gasteiger partial charge in [0.25, 0.3) is 7.82 Å². The number of phosphoric ester groups is 1. The van der Waals surface area contributed by atoms with Crippen molar-refractivity contribution in [3.05, 3.63) is 0 Å². The lowest BCUT2D eigenvalue weighted by atomic mass is 10.5. The molecule has 0 fully saturated rings. The van der Waals surface area contributed by atoms with Crippen LogP contribution in [0.1, 0.15) is 6.92 Å². The van der Waals surface area contributed by atoms with Crippen LogP contribution < -0.4 is 4.89 Å². The van der Waals surface area contributed by atoms with Crippen molar-refractivity contribution in [2.24, 2.45) is 0 Å². The van der Waals surface area contributed by atoms with Crippen molar-refractivity contribution in [2.45, 2.75) is 13.0 Å². The molecule has 0 aliphatic carbocycles. The van der Waals surface area contributed by atoms with Gasteiger partial charge in [0.1, 0.15) is 13.2 Å². The van der Waals surface area contributed by atoms with Gasteiger partial charge in [0.15, 0.2) is 0 Å². The molecule has 16 heavy (non-hydrogen) atoms. The molecular formula is C8H22NO6P. The van der Waals surface area contributed by atoms with Crippen molar-refractivity contribution in [3.63, 3.8) is 0 Å². The first-order valence-electron chi connectivity index (χ1n) is 4.75. The van der Waals surface area contributed by atoms with Crippen LogP contribution in [0.4, 0.5) is 0 Å². The summed E-state index contributed by atoms with van der Waals surface area (Å²) >= 11 is 0. The Hall–Kier alpha value is -0.0100. The van der Waals surface area contributed by atoms with Crippen LogP contribution in [-0.2, 0) is 9.09 Å². The zero-order valence-corrected chi connectivity index (χ0v) is 11.1. The fraction of sp³-hybridized carbons (Fsp3) is 1.00. The number of aliphatic hydroxyl groups excluding tert-OH is 2. The Morgan fingerprint density at radius 3 is 2.00 bits per heavy atom. The molecule has 7 nitrogen and oxygen atoms in total. The van der Waals surface area contributed by atoms with Crippen LogP contribution in [0.2, 0.25) is 0 Å². The van der Waals surface area contributed by atoms with Gasteiger partial charge >= 0.3 is 0 Å². The van der Waals surface area contributed by atoms with Gasteiger partial charge < -0.3 is 29.0 Å². The second-order valence-corrected chi connectivity index (χ2v) is 5.54. The Bertz CT molecular complexity index is 209. The fourth-order valence-electron chi connectivity index (χ4n) is 0.430. The van der Waals surface area contributed by atoms with Crippen LogP contribution in [-0.4, -0.2) is 66.6 Å². The minimum atomic E-state index is -4.51. The van der Waals surface area contributed by atoms with Crippen molar-refractivity contribution in [1.82, 2.24) is 0 Å². The van der Waals surface area contributed by atoms with Crippen molar-refractivity contribution in [2.75, 3.05) is 40.9 Å². The van der Waals surface area contributed by atoms with Gasteiger partial charge in [-0.1, -0.05) is 0 Å². The summed E-state index contributed by atoms with van der Waals surface area (Å²) in [5.74, 6) is 0. The third kappa shape index (κ3) is 23.7. The molecule has 0 aromatic carbocycles. The molecule has 8 heteroatoms. The summed E-state index contributed by atoms with van der Waals surface area (Å²) in [6.07, 6.45) is -0.560. The number of nitrogens with zero attached hydrogens (tertiary/aromatic N) is 1. The first kappa shape index (κ1) is 18.4. The van der Waals surface area contributed by atoms with Crippen molar-refractivity contribution < 1.29 is 33.6 Å². The quantitative estimate of drug-likeness (QED) is 0.410. The normalized spacial score (nSPS) is 17.0. The molecule has 0 aromatic heterocycles. The van der Waals surface area contributed by atoms with Gasteiger partial charge in [0.05, 0.1) is 33.9 Å². The number of likely N-dealkylation sites (N-methyl/N-ethyl adjacent to an activating group) is 1. The summed E-state index contributed by atoms with van der Waals surface area (Å²) in [5, 5.41) is 16.0. The highest BCUT2D eigenvalue weighted by Gasteiger charge is 2.08. The molecule has 3 N–H and O–H groups in total. The van der Waals surface area contributed by atoms with Crippen molar-refractivity contribution in [3.8, 4) is 0 Å². The predicted molar refractivity (Wildman–Crippen MR) is 57.4 cm³/mol. The number of hydrogen-bond acceptors (Lipinski definition) is 5. The molecule has 100 valence electrons. The van der Waals surface area contributed by atoms with Gasteiger partial charge in [0.2, 0.25) is 0 Å². The van der Waals surface area contributed by atoms with Gasteiger partial charge in [-0.25, -0.2) is 0 Å². The molecule has 0 rings (SSSR count). The van der Waals surface area contributed by atoms with E-state index in [1.54, 1.807) is 0 Å². The zero-order chi connectivity index (χ0) is 13.4. The Morgan fingerprint density at radius 2 is 1.81 bits per heavy atom. The smallest absolute Gasteiger partial charge is 0.265 e. The van der Waals surface area contributed by atoms with Crippen LogP contribution in [0.5, 0.6) is 0 Å². The highest BCUT2D eigenvalue weighted by atomic mass is 31.2. The van der Waals surface area contributed by atoms with Gasteiger partial charge in [-0.15, -0.1) is 0 Å². The van der Waals surface area contributed by atoms with E-state index in [-0.39, 0.29) is 13.2 Å². The summed E-state index contributed by atoms with van der Waals surface area (Å²) in [7, 11) is 1.19. The molecule has 0 saturated heterocycles. The molecular weight excluding hydrogens is 237 g/mol. The minimum absolute atomic E-state index is 0.0147. The van der Waals surface area contributed by atoms with E-state index in [1.807, 2.05) is 21.1 Å². The van der Waals surface area contributed by atoms with E-state index in [0.717, 1.165) is 0 Å². The van der Waals surface area contributed by atoms with Gasteiger partial charge in [-0.2, -0.15) is 0 Å². The Kier molecular flexibility index (Phi) is 9.33. The number of rotatable bonds is 5. The molecule has 0 amide bonds. The highest BCUT2D eigenvalue weighted by Crippen LogP contribution is 2.29. The van der Waals surface area contributed by atoms with E-state index in [4.69, 9.17) is 15.1 Å². The molecule has 2 unspecified atom stereocenters. The van der Waals surface area contributed by atoms with E-state index >= 15 is 0 Å². The monoisotopic (exact) mass is 259 g/mol. The molecule has 0 saturated carbocycles. The number of hydrogen-bond donors (Lipinski definition) is 3. The van der Waals surface area contributed by atoms with Gasteiger partial charge in [-0.3, -0.25) is 4.57 Å². The Balaban J connectivity index is 0. The lowest BCUT2D eigenvalue weighted by molar-refractivity contribution is -0.870. The summed E-state index contributed by atoms with van der Waals surface area (Å²) in [6.45, 7) is 1.94. The summed E-state index contributed by atoms with van der Waals surface area (Å²) in [6, 6.07) is 0. The Labute approximate surface area is 96.1 Å². The maximum Gasteiger partial charge on any atom is 0.265 e. The molecule has 0 radical (unpaired) electrons. The first-order chi connectivity index (χ1) is 6.98. The maximum atomic E-state index is 10.1. The number of phosphoric acid groups is 1. The van der Waals surface area contributed by atoms with Crippen LogP contribution in [0.25, 0.3) is 0 Å². The second-order valence-electron chi connectivity index (χ2n) is 4.35. The van der Waals surface area contributed by atoms with Gasteiger partial charge in [0, 0.05) is 0 Å². The topological polar surface area (TPSA) is 110 Å². The number of aliphatic hydroxyl groups is 2. The van der Waals surface area contributed by atoms with E-state index < -0.39 is 13.9 Å². The van der Waals surface area contributed by atoms with Crippen LogP contribution in [0, 0.1) is 0 Å². The third-order valence-electron chi connectivity index (χ3n) is 1.28. The summed E-state index contributed by atoms with van der Waals surface area (Å²) < 4.78 is 14.8. The first-order valence-corrected chi connectivity index (χ1v) is 6.25. The zero-order valence-electron chi connectivity index (χ0n) is 10.2. The van der Waals surface area contributed by atoms with Crippen LogP contribution in [0.15, 0.2) is 0 Å². The van der Waals surface area contributed by atoms with E-state index in [9.17, 15) is 9.46 Å². The second kappa shape index (κ2) is 8.14. The standard InChI is InChI=1S/C5H14NO4P.C3H8O2/c1-6(2,3)4-5-10-11(7,8)9;1-3(5)2-4/h4-5H2,1-3H3,(H-,7,8,9);3-5H,2H2,1H3. The van der Waals surface area contributed by atoms with Crippen molar-refractivity contribution >= 4 is 7.82 Å². The van der Waals surface area contributed by atoms with E-state index in [2.05, 4.69) is 4.52 Å². The largest absolute Gasteiger partial charge is 0.756 e. The van der Waals surface area contributed by atoms with E-state index in [0.29, 0.717) is 11.0 Å². The van der Waals surface area contributed by atoms with Gasteiger partial charge in [-0.05, 0) is 6.92 Å². The molecule has 0 aliphatic rings. The summed E-state index contributed by atoms with van der Waals surface area (Å²) in [4.78, 5) is 18.3. The highest BCUT2D eigenvalue weighted by molar-refractivity contribution is 7.44. The maximum absolute atomic E-state index is 10.1. The average Bonchev–Trinajstić information content (AvgIpc) is 2.00. The lowest BCUT2D eigenvalue weighted by Crippen LogP contribution is -2.37. The molecule has 0 bridgehead atoms. The SMILES string of the molecule is CC(O)CO.C[N+](C)(C)CCOP(=O)([O-])O.